The summed E-state index contributed by atoms with van der Waals surface area (Å²) in [5, 5.41) is 27.7. The van der Waals surface area contributed by atoms with Crippen molar-refractivity contribution in [2.45, 2.75) is 13.0 Å². The monoisotopic (exact) mass is 373 g/mol. The summed E-state index contributed by atoms with van der Waals surface area (Å²) in [6.07, 6.45) is -0.832. The second-order valence-corrected chi connectivity index (χ2v) is 5.62. The van der Waals surface area contributed by atoms with Gasteiger partial charge in [0.05, 0.1) is 18.1 Å². The minimum Gasteiger partial charge on any atom is -0.508 e. The summed E-state index contributed by atoms with van der Waals surface area (Å²) < 4.78 is 5.49. The highest BCUT2D eigenvalue weighted by molar-refractivity contribution is 6.37. The molecule has 0 heterocycles. The van der Waals surface area contributed by atoms with E-state index >= 15 is 0 Å². The van der Waals surface area contributed by atoms with Crippen LogP contribution >= 0.6 is 11.6 Å². The molecule has 0 unspecified atom stereocenters. The number of Topliss-reactive ketones (excluding diaryl/α,β-unsaturated/α-hetero) is 2. The van der Waals surface area contributed by atoms with Crippen molar-refractivity contribution >= 4 is 29.1 Å². The zero-order valence-electron chi connectivity index (χ0n) is 13.2. The van der Waals surface area contributed by atoms with Crippen LogP contribution in [0.2, 0.25) is 5.02 Å². The first-order valence-electron chi connectivity index (χ1n) is 7.25. The fourth-order valence-electron chi connectivity index (χ4n) is 2.12. The maximum absolute atomic E-state index is 12.0. The first kappa shape index (κ1) is 19.0. The van der Waals surface area contributed by atoms with Gasteiger partial charge in [0.15, 0.2) is 5.78 Å². The van der Waals surface area contributed by atoms with Gasteiger partial charge in [-0.1, -0.05) is 17.7 Å². The predicted octanol–water partition coefficient (Wildman–Crippen LogP) is 2.72. The van der Waals surface area contributed by atoms with Crippen molar-refractivity contribution in [1.29, 1.82) is 5.26 Å². The van der Waals surface area contributed by atoms with E-state index in [0.29, 0.717) is 16.1 Å². The van der Waals surface area contributed by atoms with Gasteiger partial charge in [-0.25, -0.2) is 4.79 Å². The third-order valence-corrected chi connectivity index (χ3v) is 3.75. The Morgan fingerprint density at radius 3 is 2.58 bits per heavy atom. The number of phenolic OH excluding ortho intramolecular Hbond substituents is 1. The predicted molar refractivity (Wildman–Crippen MR) is 90.2 cm³/mol. The number of ether oxygens (including phenoxy) is 1. The number of rotatable bonds is 7. The van der Waals surface area contributed by atoms with Gasteiger partial charge < -0.3 is 14.9 Å². The summed E-state index contributed by atoms with van der Waals surface area (Å²) >= 11 is 6.05. The Labute approximate surface area is 153 Å². The lowest BCUT2D eigenvalue weighted by molar-refractivity contribution is -0.148. The van der Waals surface area contributed by atoms with Gasteiger partial charge in [-0.15, -0.1) is 0 Å². The van der Waals surface area contributed by atoms with Crippen molar-refractivity contribution in [3.8, 4) is 17.6 Å². The standard InChI is InChI=1S/C18H12ClNO6/c19-15-3-1-2-10(8-20)14(15)9-26-13-5-11(4-12(21)6-13)16(22)7-17(23)18(24)25/h1-6,21H,7,9H2,(H,24,25). The molecule has 2 N–H and O–H groups in total. The molecule has 0 aliphatic carbocycles. The van der Waals surface area contributed by atoms with E-state index in [1.54, 1.807) is 18.2 Å². The van der Waals surface area contributed by atoms with Gasteiger partial charge in [-0.05, 0) is 24.3 Å². The number of carboxylic acids is 1. The Bertz CT molecular complexity index is 932. The van der Waals surface area contributed by atoms with Crippen LogP contribution in [-0.2, 0) is 16.2 Å². The molecule has 0 aliphatic rings. The number of carbonyl (C=O) groups excluding carboxylic acids is 2. The fraction of sp³-hybridized carbons (Fsp3) is 0.111. The number of benzene rings is 2. The van der Waals surface area contributed by atoms with E-state index in [1.165, 1.54) is 12.1 Å². The average molecular weight is 374 g/mol. The van der Waals surface area contributed by atoms with Crippen molar-refractivity contribution in [2.75, 3.05) is 0 Å². The number of carbonyl (C=O) groups is 3. The van der Waals surface area contributed by atoms with E-state index in [9.17, 15) is 19.5 Å². The summed E-state index contributed by atoms with van der Waals surface area (Å²) in [5.41, 5.74) is 0.684. The molecule has 2 rings (SSSR count). The molecule has 2 aromatic carbocycles. The van der Waals surface area contributed by atoms with Crippen molar-refractivity contribution in [2.24, 2.45) is 0 Å². The van der Waals surface area contributed by atoms with Crippen molar-refractivity contribution in [3.05, 3.63) is 58.1 Å². The van der Waals surface area contributed by atoms with E-state index in [4.69, 9.17) is 26.7 Å². The smallest absolute Gasteiger partial charge is 0.372 e. The third-order valence-electron chi connectivity index (χ3n) is 3.40. The van der Waals surface area contributed by atoms with Crippen LogP contribution in [0.15, 0.2) is 36.4 Å². The number of nitriles is 1. The first-order valence-corrected chi connectivity index (χ1v) is 7.63. The molecule has 0 saturated heterocycles. The highest BCUT2D eigenvalue weighted by Gasteiger charge is 2.19. The van der Waals surface area contributed by atoms with Gasteiger partial charge >= 0.3 is 5.97 Å². The number of aliphatic carboxylic acids is 1. The Balaban J connectivity index is 2.21. The maximum Gasteiger partial charge on any atom is 0.372 e. The number of nitrogens with zero attached hydrogens (tertiary/aromatic N) is 1. The lowest BCUT2D eigenvalue weighted by Gasteiger charge is -2.11. The molecule has 0 aliphatic heterocycles. The Hall–Kier alpha value is -3.37. The van der Waals surface area contributed by atoms with E-state index in [0.717, 1.165) is 6.07 Å². The summed E-state index contributed by atoms with van der Waals surface area (Å²) in [4.78, 5) is 33.7. The van der Waals surface area contributed by atoms with E-state index in [1.807, 2.05) is 6.07 Å². The van der Waals surface area contributed by atoms with Crippen LogP contribution in [-0.4, -0.2) is 27.7 Å². The van der Waals surface area contributed by atoms with E-state index in [-0.39, 0.29) is 23.7 Å². The lowest BCUT2D eigenvalue weighted by Crippen LogP contribution is -2.17. The quantitative estimate of drug-likeness (QED) is 0.434. The molecule has 0 spiro atoms. The second-order valence-electron chi connectivity index (χ2n) is 5.21. The average Bonchev–Trinajstić information content (AvgIpc) is 2.59. The van der Waals surface area contributed by atoms with Gasteiger partial charge in [0, 0.05) is 22.2 Å². The minimum absolute atomic E-state index is 0.0748. The summed E-state index contributed by atoms with van der Waals surface area (Å²) in [6, 6.07) is 10.4. The van der Waals surface area contributed by atoms with Crippen LogP contribution in [0.4, 0.5) is 0 Å². The zero-order chi connectivity index (χ0) is 19.3. The number of aromatic hydroxyl groups is 1. The minimum atomic E-state index is -1.71. The molecule has 0 radical (unpaired) electrons. The first-order chi connectivity index (χ1) is 12.3. The highest BCUT2D eigenvalue weighted by atomic mass is 35.5. The van der Waals surface area contributed by atoms with Gasteiger partial charge in [0.1, 0.15) is 18.1 Å². The summed E-state index contributed by atoms with van der Waals surface area (Å²) in [6.45, 7) is -0.0896. The van der Waals surface area contributed by atoms with Crippen molar-refractivity contribution < 1.29 is 29.3 Å². The number of carboxylic acid groups (broad SMARTS) is 1. The largest absolute Gasteiger partial charge is 0.508 e. The molecule has 7 nitrogen and oxygen atoms in total. The van der Waals surface area contributed by atoms with Gasteiger partial charge in [-0.2, -0.15) is 5.26 Å². The highest BCUT2D eigenvalue weighted by Crippen LogP contribution is 2.26. The Morgan fingerprint density at radius 2 is 1.92 bits per heavy atom. The topological polar surface area (TPSA) is 125 Å². The van der Waals surface area contributed by atoms with Gasteiger partial charge in [-0.3, -0.25) is 9.59 Å². The molecule has 0 amide bonds. The van der Waals surface area contributed by atoms with Gasteiger partial charge in [0.2, 0.25) is 5.78 Å². The molecule has 8 heteroatoms. The molecule has 0 aromatic heterocycles. The number of phenols is 1. The Kier molecular flexibility index (Phi) is 5.94. The molecule has 2 aromatic rings. The van der Waals surface area contributed by atoms with Crippen LogP contribution in [0.25, 0.3) is 0 Å². The molecule has 0 fully saturated rings. The molecular formula is C18H12ClNO6. The van der Waals surface area contributed by atoms with Crippen molar-refractivity contribution in [3.63, 3.8) is 0 Å². The molecular weight excluding hydrogens is 362 g/mol. The molecule has 0 saturated carbocycles. The maximum atomic E-state index is 12.0. The fourth-order valence-corrected chi connectivity index (χ4v) is 2.35. The number of ketones is 2. The lowest BCUT2D eigenvalue weighted by atomic mass is 10.1. The third kappa shape index (κ3) is 4.59. The summed E-state index contributed by atoms with van der Waals surface area (Å²) in [7, 11) is 0. The number of halogens is 1. The van der Waals surface area contributed by atoms with Crippen LogP contribution in [0.1, 0.15) is 27.9 Å². The van der Waals surface area contributed by atoms with Crippen LogP contribution in [0.5, 0.6) is 11.5 Å². The Morgan fingerprint density at radius 1 is 1.19 bits per heavy atom. The zero-order valence-corrected chi connectivity index (χ0v) is 14.0. The molecule has 26 heavy (non-hydrogen) atoms. The number of hydrogen-bond acceptors (Lipinski definition) is 6. The number of hydrogen-bond donors (Lipinski definition) is 2. The van der Waals surface area contributed by atoms with Crippen LogP contribution in [0, 0.1) is 11.3 Å². The molecule has 0 bridgehead atoms. The van der Waals surface area contributed by atoms with E-state index in [2.05, 4.69) is 0 Å². The van der Waals surface area contributed by atoms with Gasteiger partial charge in [0.25, 0.3) is 0 Å². The second kappa shape index (κ2) is 8.14. The molecule has 0 atom stereocenters. The van der Waals surface area contributed by atoms with E-state index < -0.39 is 24.0 Å². The normalized spacial score (nSPS) is 10.0. The SMILES string of the molecule is N#Cc1cccc(Cl)c1COc1cc(O)cc(C(=O)CC(=O)C(=O)O)c1. The van der Waals surface area contributed by atoms with Crippen LogP contribution in [0.3, 0.4) is 0 Å². The van der Waals surface area contributed by atoms with Crippen molar-refractivity contribution in [1.82, 2.24) is 0 Å². The molecule has 132 valence electrons. The summed E-state index contributed by atoms with van der Waals surface area (Å²) in [5.74, 6) is -3.94. The van der Waals surface area contributed by atoms with Crippen LogP contribution < -0.4 is 4.74 Å².